The SMILES string of the molecule is Cc1ccc(-c2ccccc2C(=O)Nc2ccc(C(=O)N3CCC(=O)N(CC(=O)N4CCN(CC(=O)N5CCCC5)CC4)c4ccccc43)cc2)cc1. The summed E-state index contributed by atoms with van der Waals surface area (Å²) in [5, 5.41) is 2.96. The number of nitrogens with zero attached hydrogens (tertiary/aromatic N) is 5. The standard InChI is InChI=1S/C42H44N6O5/c1-30-12-14-31(15-13-30)34-8-2-3-9-35(34)41(52)43-33-18-16-32(17-19-33)42(53)47-23-20-38(49)48(37-11-5-4-10-36(37)47)29-40(51)46-26-24-44(25-27-46)28-39(50)45-21-6-7-22-45/h2-5,8-19H,6-7,20-29H2,1H3,(H,43,52). The number of rotatable bonds is 8. The van der Waals surface area contributed by atoms with Crippen molar-refractivity contribution >= 4 is 46.6 Å². The number of hydrogen-bond acceptors (Lipinski definition) is 6. The van der Waals surface area contributed by atoms with Gasteiger partial charge in [-0.2, -0.15) is 0 Å². The molecule has 0 atom stereocenters. The second kappa shape index (κ2) is 15.8. The van der Waals surface area contributed by atoms with Gasteiger partial charge in [0.2, 0.25) is 17.7 Å². The lowest BCUT2D eigenvalue weighted by molar-refractivity contribution is -0.134. The van der Waals surface area contributed by atoms with Crippen LogP contribution in [0.1, 0.15) is 45.5 Å². The van der Waals surface area contributed by atoms with Gasteiger partial charge in [-0.3, -0.25) is 28.9 Å². The Balaban J connectivity index is 1.000. The average molecular weight is 713 g/mol. The van der Waals surface area contributed by atoms with E-state index in [0.717, 1.165) is 42.6 Å². The lowest BCUT2D eigenvalue weighted by atomic mass is 9.98. The molecule has 2 saturated heterocycles. The summed E-state index contributed by atoms with van der Waals surface area (Å²) < 4.78 is 0. The Morgan fingerprint density at radius 3 is 1.98 bits per heavy atom. The van der Waals surface area contributed by atoms with Gasteiger partial charge < -0.3 is 24.9 Å². The predicted molar refractivity (Wildman–Crippen MR) is 205 cm³/mol. The first-order valence-electron chi connectivity index (χ1n) is 18.3. The smallest absolute Gasteiger partial charge is 0.258 e. The van der Waals surface area contributed by atoms with Gasteiger partial charge in [-0.25, -0.2) is 0 Å². The minimum absolute atomic E-state index is 0.0502. The normalized spacial score (nSPS) is 16.3. The van der Waals surface area contributed by atoms with Crippen molar-refractivity contribution in [2.45, 2.75) is 26.2 Å². The van der Waals surface area contributed by atoms with Crippen molar-refractivity contribution in [3.63, 3.8) is 0 Å². The molecule has 4 aromatic rings. The number of amides is 5. The number of anilines is 3. The van der Waals surface area contributed by atoms with Gasteiger partial charge in [0.15, 0.2) is 0 Å². The molecule has 5 amide bonds. The van der Waals surface area contributed by atoms with Gasteiger partial charge in [-0.05, 0) is 73.4 Å². The second-order valence-corrected chi connectivity index (χ2v) is 13.9. The summed E-state index contributed by atoms with van der Waals surface area (Å²) >= 11 is 0. The van der Waals surface area contributed by atoms with Gasteiger partial charge in [0.1, 0.15) is 6.54 Å². The minimum Gasteiger partial charge on any atom is -0.342 e. The summed E-state index contributed by atoms with van der Waals surface area (Å²) in [4.78, 5) is 75.9. The molecule has 11 heteroatoms. The van der Waals surface area contributed by atoms with Crippen LogP contribution in [0.2, 0.25) is 0 Å². The number of carbonyl (C=O) groups is 5. The molecule has 0 saturated carbocycles. The number of para-hydroxylation sites is 2. The van der Waals surface area contributed by atoms with Crippen LogP contribution in [0.25, 0.3) is 11.1 Å². The number of aryl methyl sites for hydroxylation is 1. The molecule has 1 N–H and O–H groups in total. The molecule has 0 bridgehead atoms. The van der Waals surface area contributed by atoms with E-state index in [2.05, 4.69) is 10.2 Å². The van der Waals surface area contributed by atoms with E-state index in [-0.39, 0.29) is 49.0 Å². The van der Waals surface area contributed by atoms with Crippen LogP contribution in [-0.2, 0) is 14.4 Å². The number of carbonyl (C=O) groups excluding carboxylic acids is 5. The van der Waals surface area contributed by atoms with Crippen LogP contribution in [0, 0.1) is 6.92 Å². The topological polar surface area (TPSA) is 114 Å². The number of fused-ring (bicyclic) bond motifs is 1. The number of hydrogen-bond donors (Lipinski definition) is 1. The summed E-state index contributed by atoms with van der Waals surface area (Å²) in [7, 11) is 0. The highest BCUT2D eigenvalue weighted by Gasteiger charge is 2.33. The van der Waals surface area contributed by atoms with Crippen LogP contribution in [0.5, 0.6) is 0 Å². The zero-order valence-corrected chi connectivity index (χ0v) is 30.0. The zero-order chi connectivity index (χ0) is 36.9. The van der Waals surface area contributed by atoms with E-state index in [9.17, 15) is 24.0 Å². The quantitative estimate of drug-likeness (QED) is 0.273. The fraction of sp³-hybridized carbons (Fsp3) is 0.310. The van der Waals surface area contributed by atoms with Crippen LogP contribution in [0.4, 0.5) is 17.1 Å². The summed E-state index contributed by atoms with van der Waals surface area (Å²) in [5.74, 6) is -0.811. The first-order valence-corrected chi connectivity index (χ1v) is 18.3. The van der Waals surface area contributed by atoms with E-state index >= 15 is 0 Å². The largest absolute Gasteiger partial charge is 0.342 e. The van der Waals surface area contributed by atoms with E-state index in [0.29, 0.717) is 60.9 Å². The Kier molecular flexibility index (Phi) is 10.6. The van der Waals surface area contributed by atoms with Crippen LogP contribution >= 0.6 is 0 Å². The molecular formula is C42H44N6O5. The Morgan fingerprint density at radius 1 is 0.642 bits per heavy atom. The van der Waals surface area contributed by atoms with Crippen molar-refractivity contribution < 1.29 is 24.0 Å². The third-order valence-electron chi connectivity index (χ3n) is 10.3. The number of likely N-dealkylation sites (tertiary alicyclic amines) is 1. The summed E-state index contributed by atoms with van der Waals surface area (Å²) in [5.41, 5.74) is 5.44. The highest BCUT2D eigenvalue weighted by molar-refractivity contribution is 6.13. The lowest BCUT2D eigenvalue weighted by Crippen LogP contribution is -2.53. The van der Waals surface area contributed by atoms with Crippen molar-refractivity contribution in [3.05, 3.63) is 114 Å². The van der Waals surface area contributed by atoms with Crippen molar-refractivity contribution in [1.82, 2.24) is 14.7 Å². The molecule has 0 aliphatic carbocycles. The zero-order valence-electron chi connectivity index (χ0n) is 30.0. The monoisotopic (exact) mass is 712 g/mol. The fourth-order valence-corrected chi connectivity index (χ4v) is 7.27. The van der Waals surface area contributed by atoms with Crippen molar-refractivity contribution in [1.29, 1.82) is 0 Å². The number of benzene rings is 4. The molecule has 272 valence electrons. The fourth-order valence-electron chi connectivity index (χ4n) is 7.27. The molecule has 3 heterocycles. The Hall–Kier alpha value is -5.81. The molecule has 0 unspecified atom stereocenters. The molecule has 3 aliphatic heterocycles. The van der Waals surface area contributed by atoms with Gasteiger partial charge in [0, 0.05) is 69.0 Å². The second-order valence-electron chi connectivity index (χ2n) is 13.9. The lowest BCUT2D eigenvalue weighted by Gasteiger charge is -2.36. The van der Waals surface area contributed by atoms with Gasteiger partial charge in [-0.15, -0.1) is 0 Å². The molecule has 0 aromatic heterocycles. The molecule has 4 aromatic carbocycles. The predicted octanol–water partition coefficient (Wildman–Crippen LogP) is 5.06. The third-order valence-corrected chi connectivity index (χ3v) is 10.3. The molecule has 0 spiro atoms. The maximum absolute atomic E-state index is 14.0. The molecule has 11 nitrogen and oxygen atoms in total. The third kappa shape index (κ3) is 8.00. The van der Waals surface area contributed by atoms with Crippen LogP contribution in [-0.4, -0.2) is 103 Å². The minimum atomic E-state index is -0.291. The van der Waals surface area contributed by atoms with Gasteiger partial charge in [0.25, 0.3) is 11.8 Å². The molecule has 0 radical (unpaired) electrons. The van der Waals surface area contributed by atoms with E-state index in [1.807, 2.05) is 60.4 Å². The van der Waals surface area contributed by atoms with E-state index in [4.69, 9.17) is 0 Å². The maximum Gasteiger partial charge on any atom is 0.258 e. The molecule has 53 heavy (non-hydrogen) atoms. The number of piperazine rings is 1. The van der Waals surface area contributed by atoms with E-state index < -0.39 is 0 Å². The van der Waals surface area contributed by atoms with Gasteiger partial charge in [-0.1, -0.05) is 60.2 Å². The Labute approximate surface area is 309 Å². The van der Waals surface area contributed by atoms with Crippen LogP contribution in [0.15, 0.2) is 97.1 Å². The molecule has 3 aliphatic rings. The molecular weight excluding hydrogens is 668 g/mol. The Morgan fingerprint density at radius 2 is 1.26 bits per heavy atom. The molecule has 7 rings (SSSR count). The van der Waals surface area contributed by atoms with Crippen LogP contribution < -0.4 is 15.1 Å². The van der Waals surface area contributed by atoms with E-state index in [1.165, 1.54) is 4.90 Å². The van der Waals surface area contributed by atoms with Crippen molar-refractivity contribution in [2.24, 2.45) is 0 Å². The highest BCUT2D eigenvalue weighted by Crippen LogP contribution is 2.34. The highest BCUT2D eigenvalue weighted by atomic mass is 16.2. The first-order chi connectivity index (χ1) is 25.7. The average Bonchev–Trinajstić information content (AvgIpc) is 3.69. The van der Waals surface area contributed by atoms with Gasteiger partial charge in [0.05, 0.1) is 17.9 Å². The molecule has 2 fully saturated rings. The van der Waals surface area contributed by atoms with E-state index in [1.54, 1.807) is 58.3 Å². The van der Waals surface area contributed by atoms with Crippen molar-refractivity contribution in [3.8, 4) is 11.1 Å². The summed E-state index contributed by atoms with van der Waals surface area (Å²) in [6, 6.07) is 29.4. The maximum atomic E-state index is 14.0. The Bertz CT molecular complexity index is 2000. The number of nitrogens with one attached hydrogen (secondary N) is 1. The van der Waals surface area contributed by atoms with Gasteiger partial charge >= 0.3 is 0 Å². The first kappa shape index (κ1) is 35.6. The summed E-state index contributed by atoms with van der Waals surface area (Å²) in [6.07, 6.45) is 2.16. The van der Waals surface area contributed by atoms with Crippen molar-refractivity contribution in [2.75, 3.05) is 74.0 Å². The summed E-state index contributed by atoms with van der Waals surface area (Å²) in [6.45, 7) is 6.21. The van der Waals surface area contributed by atoms with Crippen LogP contribution in [0.3, 0.4) is 0 Å².